The second-order valence-corrected chi connectivity index (χ2v) is 8.40. The summed E-state index contributed by atoms with van der Waals surface area (Å²) >= 11 is 0. The topological polar surface area (TPSA) is 89.9 Å². The van der Waals surface area contributed by atoms with Crippen LogP contribution in [0.5, 0.6) is 0 Å². The first kappa shape index (κ1) is 20.5. The van der Waals surface area contributed by atoms with E-state index in [4.69, 9.17) is 9.47 Å². The first-order valence-corrected chi connectivity index (χ1v) is 9.41. The van der Waals surface area contributed by atoms with Crippen molar-refractivity contribution in [1.82, 2.24) is 0 Å². The lowest BCUT2D eigenvalue weighted by Gasteiger charge is -2.54. The lowest BCUT2D eigenvalue weighted by atomic mass is 9.49. The van der Waals surface area contributed by atoms with E-state index in [9.17, 15) is 19.5 Å². The van der Waals surface area contributed by atoms with Gasteiger partial charge in [-0.15, -0.1) is 0 Å². The van der Waals surface area contributed by atoms with Crippen LogP contribution in [0.15, 0.2) is 11.1 Å². The van der Waals surface area contributed by atoms with Crippen LogP contribution in [0.2, 0.25) is 0 Å². The highest BCUT2D eigenvalue weighted by atomic mass is 16.6. The third-order valence-corrected chi connectivity index (χ3v) is 6.04. The van der Waals surface area contributed by atoms with E-state index >= 15 is 0 Å². The molecule has 0 aliphatic heterocycles. The van der Waals surface area contributed by atoms with Crippen molar-refractivity contribution in [1.29, 1.82) is 0 Å². The van der Waals surface area contributed by atoms with Gasteiger partial charge in [0.2, 0.25) is 0 Å². The normalized spacial score (nSPS) is 26.1. The number of aliphatic carboxylic acids is 1. The summed E-state index contributed by atoms with van der Waals surface area (Å²) in [4.78, 5) is 36.0. The van der Waals surface area contributed by atoms with Crippen LogP contribution in [-0.4, -0.2) is 36.2 Å². The van der Waals surface area contributed by atoms with Gasteiger partial charge in [-0.25, -0.2) is 9.59 Å². The molecule has 0 aromatic rings. The molecule has 0 saturated heterocycles. The lowest BCUT2D eigenvalue weighted by molar-refractivity contribution is -0.183. The lowest BCUT2D eigenvalue weighted by Crippen LogP contribution is -2.55. The zero-order valence-electron chi connectivity index (χ0n) is 16.2. The van der Waals surface area contributed by atoms with E-state index in [1.807, 2.05) is 20.8 Å². The molecule has 0 radical (unpaired) electrons. The fraction of sp³-hybridized carbons (Fsp3) is 0.750. The van der Waals surface area contributed by atoms with Crippen LogP contribution in [0.1, 0.15) is 66.2 Å². The largest absolute Gasteiger partial charge is 0.478 e. The van der Waals surface area contributed by atoms with E-state index in [0.717, 1.165) is 25.7 Å². The van der Waals surface area contributed by atoms with Crippen LogP contribution < -0.4 is 0 Å². The van der Waals surface area contributed by atoms with Crippen LogP contribution in [0, 0.1) is 16.7 Å². The van der Waals surface area contributed by atoms with Crippen LogP contribution in [0.25, 0.3) is 0 Å². The van der Waals surface area contributed by atoms with E-state index in [1.165, 1.54) is 0 Å². The zero-order valence-corrected chi connectivity index (χ0v) is 16.2. The quantitative estimate of drug-likeness (QED) is 0.572. The second-order valence-electron chi connectivity index (χ2n) is 8.40. The maximum absolute atomic E-state index is 12.6. The Morgan fingerprint density at radius 1 is 1.08 bits per heavy atom. The molecule has 1 fully saturated rings. The maximum Gasteiger partial charge on any atom is 0.334 e. The molecular formula is C20H30O6. The third kappa shape index (κ3) is 3.79. The number of hydrogen-bond donors (Lipinski definition) is 1. The summed E-state index contributed by atoms with van der Waals surface area (Å²) in [5.74, 6) is -1.64. The van der Waals surface area contributed by atoms with Gasteiger partial charge in [-0.3, -0.25) is 4.79 Å². The highest BCUT2D eigenvalue weighted by molar-refractivity contribution is 5.99. The molecule has 1 N–H and O–H groups in total. The standard InChI is InChI=1S/C20H30O6/c1-13-9-10-20(13,19(2,3)4)18(24)26-12-11-25-17(23)15-8-6-5-7-14(15)16(21)22/h13H,5-12H2,1-4H3,(H,21,22). The molecule has 146 valence electrons. The van der Waals surface area contributed by atoms with Gasteiger partial charge in [0.15, 0.2) is 0 Å². The zero-order chi connectivity index (χ0) is 19.5. The van der Waals surface area contributed by atoms with Crippen LogP contribution in [-0.2, 0) is 23.9 Å². The molecule has 26 heavy (non-hydrogen) atoms. The molecule has 0 heterocycles. The molecule has 0 aromatic carbocycles. The first-order valence-electron chi connectivity index (χ1n) is 9.41. The molecule has 1 saturated carbocycles. The molecule has 0 spiro atoms. The molecule has 2 rings (SSSR count). The van der Waals surface area contributed by atoms with Gasteiger partial charge in [0.05, 0.1) is 5.41 Å². The average molecular weight is 366 g/mol. The summed E-state index contributed by atoms with van der Waals surface area (Å²) in [5.41, 5.74) is -0.289. The molecule has 2 unspecified atom stereocenters. The molecule has 2 aliphatic carbocycles. The number of carbonyl (C=O) groups excluding carboxylic acids is 2. The summed E-state index contributed by atoms with van der Waals surface area (Å²) in [7, 11) is 0. The van der Waals surface area contributed by atoms with Crippen molar-refractivity contribution in [3.8, 4) is 0 Å². The monoisotopic (exact) mass is 366 g/mol. The van der Waals surface area contributed by atoms with Crippen molar-refractivity contribution in [2.24, 2.45) is 16.7 Å². The number of carboxylic acid groups (broad SMARTS) is 1. The van der Waals surface area contributed by atoms with Gasteiger partial charge < -0.3 is 14.6 Å². The highest BCUT2D eigenvalue weighted by Gasteiger charge is 2.58. The summed E-state index contributed by atoms with van der Waals surface area (Å²) in [6.45, 7) is 8.15. The maximum atomic E-state index is 12.6. The molecule has 2 aliphatic rings. The van der Waals surface area contributed by atoms with Gasteiger partial charge in [0.1, 0.15) is 13.2 Å². The molecular weight excluding hydrogens is 336 g/mol. The van der Waals surface area contributed by atoms with Crippen molar-refractivity contribution in [2.45, 2.75) is 66.2 Å². The Labute approximate surface area is 154 Å². The molecule has 6 nitrogen and oxygen atoms in total. The summed E-state index contributed by atoms with van der Waals surface area (Å²) in [5, 5.41) is 9.19. The predicted molar refractivity (Wildman–Crippen MR) is 95.3 cm³/mol. The van der Waals surface area contributed by atoms with Gasteiger partial charge >= 0.3 is 17.9 Å². The van der Waals surface area contributed by atoms with Crippen molar-refractivity contribution >= 4 is 17.9 Å². The Bertz CT molecular complexity index is 612. The third-order valence-electron chi connectivity index (χ3n) is 6.04. The van der Waals surface area contributed by atoms with Crippen molar-refractivity contribution in [2.75, 3.05) is 13.2 Å². The Balaban J connectivity index is 1.88. The Hall–Kier alpha value is -1.85. The summed E-state index contributed by atoms with van der Waals surface area (Å²) in [6.07, 6.45) is 4.18. The molecule has 0 aromatic heterocycles. The van der Waals surface area contributed by atoms with Gasteiger partial charge in [0, 0.05) is 11.1 Å². The predicted octanol–water partition coefficient (Wildman–Crippen LogP) is 3.49. The van der Waals surface area contributed by atoms with Crippen LogP contribution in [0.4, 0.5) is 0 Å². The number of hydrogen-bond acceptors (Lipinski definition) is 5. The van der Waals surface area contributed by atoms with E-state index in [1.54, 1.807) is 0 Å². The number of esters is 2. The van der Waals surface area contributed by atoms with Crippen molar-refractivity contribution in [3.05, 3.63) is 11.1 Å². The summed E-state index contributed by atoms with van der Waals surface area (Å²) in [6, 6.07) is 0. The van der Waals surface area contributed by atoms with Gasteiger partial charge in [-0.2, -0.15) is 0 Å². The number of carboxylic acids is 1. The Morgan fingerprint density at radius 3 is 2.12 bits per heavy atom. The van der Waals surface area contributed by atoms with Gasteiger partial charge in [-0.1, -0.05) is 27.7 Å². The number of ether oxygens (including phenoxy) is 2. The molecule has 0 amide bonds. The molecule has 0 bridgehead atoms. The van der Waals surface area contributed by atoms with E-state index in [-0.39, 0.29) is 41.7 Å². The van der Waals surface area contributed by atoms with E-state index < -0.39 is 17.4 Å². The smallest absolute Gasteiger partial charge is 0.334 e. The van der Waals surface area contributed by atoms with E-state index in [2.05, 4.69) is 6.92 Å². The van der Waals surface area contributed by atoms with Gasteiger partial charge in [-0.05, 0) is 49.9 Å². The number of rotatable bonds is 6. The Kier molecular flexibility index (Phi) is 6.14. The van der Waals surface area contributed by atoms with Gasteiger partial charge in [0.25, 0.3) is 0 Å². The first-order chi connectivity index (χ1) is 12.1. The van der Waals surface area contributed by atoms with Crippen molar-refractivity contribution < 1.29 is 29.0 Å². The molecule has 6 heteroatoms. The fourth-order valence-electron chi connectivity index (χ4n) is 4.30. The van der Waals surface area contributed by atoms with Crippen LogP contribution in [0.3, 0.4) is 0 Å². The van der Waals surface area contributed by atoms with E-state index in [0.29, 0.717) is 12.8 Å². The molecule has 2 atom stereocenters. The number of carbonyl (C=O) groups is 3. The van der Waals surface area contributed by atoms with Crippen molar-refractivity contribution in [3.63, 3.8) is 0 Å². The highest BCUT2D eigenvalue weighted by Crippen LogP contribution is 2.58. The summed E-state index contributed by atoms with van der Waals surface area (Å²) < 4.78 is 10.6. The Morgan fingerprint density at radius 2 is 1.65 bits per heavy atom. The minimum Gasteiger partial charge on any atom is -0.478 e. The minimum absolute atomic E-state index is 0.00912. The van der Waals surface area contributed by atoms with Crippen LogP contribution >= 0.6 is 0 Å². The average Bonchev–Trinajstić information content (AvgIpc) is 2.56. The minimum atomic E-state index is -1.06. The SMILES string of the molecule is CC1CCC1(C(=O)OCCOC(=O)C1=C(C(=O)O)CCCC1)C(C)(C)C. The second kappa shape index (κ2) is 7.80. The fourth-order valence-corrected chi connectivity index (χ4v) is 4.30.